The van der Waals surface area contributed by atoms with Gasteiger partial charge in [-0.2, -0.15) is 0 Å². The summed E-state index contributed by atoms with van der Waals surface area (Å²) in [5.41, 5.74) is 0.974. The number of hydrogen-bond acceptors (Lipinski definition) is 3. The van der Waals surface area contributed by atoms with Gasteiger partial charge in [-0.25, -0.2) is 0 Å². The molecule has 1 aliphatic rings. The quantitative estimate of drug-likeness (QED) is 0.912. The van der Waals surface area contributed by atoms with Gasteiger partial charge in [0.25, 0.3) is 0 Å². The summed E-state index contributed by atoms with van der Waals surface area (Å²) in [6.45, 7) is 8.52. The predicted molar refractivity (Wildman–Crippen MR) is 79.4 cm³/mol. The Morgan fingerprint density at radius 3 is 2.65 bits per heavy atom. The molecule has 1 aromatic rings. The molecule has 0 spiro atoms. The van der Waals surface area contributed by atoms with Gasteiger partial charge in [0.2, 0.25) is 5.91 Å². The fraction of sp³-hybridized carbons (Fsp3) is 0.562. The number of benzene rings is 1. The molecule has 4 heteroatoms. The molecule has 20 heavy (non-hydrogen) atoms. The van der Waals surface area contributed by atoms with E-state index in [0.717, 1.165) is 12.1 Å². The van der Waals surface area contributed by atoms with E-state index in [2.05, 4.69) is 17.4 Å². The van der Waals surface area contributed by atoms with Gasteiger partial charge in [-0.15, -0.1) is 0 Å². The van der Waals surface area contributed by atoms with Crippen molar-refractivity contribution in [3.63, 3.8) is 0 Å². The van der Waals surface area contributed by atoms with Crippen LogP contribution in [0.1, 0.15) is 26.3 Å². The minimum atomic E-state index is -0.182. The maximum Gasteiger partial charge on any atom is 0.237 e. The highest BCUT2D eigenvalue weighted by Gasteiger charge is 2.29. The maximum absolute atomic E-state index is 12.1. The largest absolute Gasteiger partial charge is 0.374 e. The van der Waals surface area contributed by atoms with E-state index in [9.17, 15) is 4.79 Å². The van der Waals surface area contributed by atoms with Gasteiger partial charge in [0.05, 0.1) is 24.8 Å². The van der Waals surface area contributed by atoms with Crippen LogP contribution in [0.25, 0.3) is 0 Å². The highest BCUT2D eigenvalue weighted by Crippen LogP contribution is 2.14. The molecule has 0 bridgehead atoms. The van der Waals surface area contributed by atoms with Crippen molar-refractivity contribution >= 4 is 5.91 Å². The first-order chi connectivity index (χ1) is 9.46. The number of rotatable bonds is 4. The van der Waals surface area contributed by atoms with Gasteiger partial charge in [0.1, 0.15) is 0 Å². The van der Waals surface area contributed by atoms with Crippen LogP contribution in [0.2, 0.25) is 0 Å². The summed E-state index contributed by atoms with van der Waals surface area (Å²) >= 11 is 0. The van der Waals surface area contributed by atoms with Crippen molar-refractivity contribution in [1.29, 1.82) is 0 Å². The molecule has 1 saturated heterocycles. The Balaban J connectivity index is 2.02. The number of carbonyl (C=O) groups is 1. The van der Waals surface area contributed by atoms with Crippen molar-refractivity contribution in [1.82, 2.24) is 10.2 Å². The van der Waals surface area contributed by atoms with Crippen molar-refractivity contribution in [3.8, 4) is 0 Å². The Morgan fingerprint density at radius 1 is 1.30 bits per heavy atom. The maximum atomic E-state index is 12.1. The third kappa shape index (κ3) is 4.32. The average Bonchev–Trinajstić information content (AvgIpc) is 2.40. The zero-order chi connectivity index (χ0) is 14.6. The molecule has 1 N–H and O–H groups in total. The van der Waals surface area contributed by atoms with Crippen molar-refractivity contribution < 1.29 is 9.53 Å². The molecule has 1 amide bonds. The summed E-state index contributed by atoms with van der Waals surface area (Å²) in [4.78, 5) is 14.1. The van der Waals surface area contributed by atoms with Gasteiger partial charge >= 0.3 is 0 Å². The Hall–Kier alpha value is -1.39. The lowest BCUT2D eigenvalue weighted by Crippen LogP contribution is -2.56. The van der Waals surface area contributed by atoms with Gasteiger partial charge in [-0.1, -0.05) is 30.3 Å². The predicted octanol–water partition coefficient (Wildman–Crippen LogP) is 1.80. The zero-order valence-corrected chi connectivity index (χ0v) is 12.6. The van der Waals surface area contributed by atoms with Crippen LogP contribution in [0.15, 0.2) is 30.3 Å². The van der Waals surface area contributed by atoms with Crippen LogP contribution in [0, 0.1) is 0 Å². The van der Waals surface area contributed by atoms with E-state index in [1.165, 1.54) is 0 Å². The summed E-state index contributed by atoms with van der Waals surface area (Å²) in [6, 6.07) is 10.2. The van der Waals surface area contributed by atoms with Gasteiger partial charge in [-0.3, -0.25) is 4.79 Å². The monoisotopic (exact) mass is 276 g/mol. The lowest BCUT2D eigenvalue weighted by atomic mass is 10.1. The molecule has 0 saturated carbocycles. The Kier molecular flexibility index (Phi) is 4.78. The molecule has 1 atom stereocenters. The molecule has 0 aromatic heterocycles. The lowest BCUT2D eigenvalue weighted by molar-refractivity contribution is -0.139. The molecule has 1 aliphatic heterocycles. The highest BCUT2D eigenvalue weighted by molar-refractivity contribution is 5.79. The van der Waals surface area contributed by atoms with E-state index < -0.39 is 0 Å². The first-order valence-corrected chi connectivity index (χ1v) is 7.14. The summed E-state index contributed by atoms with van der Waals surface area (Å²) in [5, 5.41) is 3.17. The molecule has 1 fully saturated rings. The first kappa shape index (κ1) is 15.0. The number of hydrogen-bond donors (Lipinski definition) is 1. The topological polar surface area (TPSA) is 41.6 Å². The van der Waals surface area contributed by atoms with Crippen LogP contribution >= 0.6 is 0 Å². The second-order valence-corrected chi connectivity index (χ2v) is 6.22. The molecule has 2 rings (SSSR count). The van der Waals surface area contributed by atoms with E-state index in [1.54, 1.807) is 0 Å². The number of piperazine rings is 1. The Morgan fingerprint density at radius 2 is 2.00 bits per heavy atom. The van der Waals surface area contributed by atoms with Crippen molar-refractivity contribution in [2.45, 2.75) is 39.0 Å². The summed E-state index contributed by atoms with van der Waals surface area (Å²) < 4.78 is 5.85. The van der Waals surface area contributed by atoms with Crippen molar-refractivity contribution in [3.05, 3.63) is 35.9 Å². The molecular weight excluding hydrogens is 252 g/mol. The molecule has 1 aromatic carbocycles. The standard InChI is InChI=1S/C16H24N2O2/c1-16(2,3)20-12-14-9-17-10-15(19)18(14)11-13-7-5-4-6-8-13/h4-8,14,17H,9-12H2,1-3H3/t14-/m1/s1. The Labute approximate surface area is 121 Å². The zero-order valence-electron chi connectivity index (χ0n) is 12.6. The smallest absolute Gasteiger partial charge is 0.237 e. The van der Waals surface area contributed by atoms with Crippen molar-refractivity contribution in [2.75, 3.05) is 19.7 Å². The van der Waals surface area contributed by atoms with Crippen LogP contribution in [0.3, 0.4) is 0 Å². The van der Waals surface area contributed by atoms with Crippen LogP contribution in [-0.2, 0) is 16.1 Å². The summed E-state index contributed by atoms with van der Waals surface area (Å²) in [7, 11) is 0. The van der Waals surface area contributed by atoms with E-state index in [0.29, 0.717) is 19.7 Å². The van der Waals surface area contributed by atoms with Crippen LogP contribution < -0.4 is 5.32 Å². The third-order valence-corrected chi connectivity index (χ3v) is 3.32. The fourth-order valence-electron chi connectivity index (χ4n) is 2.25. The molecule has 4 nitrogen and oxygen atoms in total. The molecule has 0 aliphatic carbocycles. The second kappa shape index (κ2) is 6.37. The number of ether oxygens (including phenoxy) is 1. The highest BCUT2D eigenvalue weighted by atomic mass is 16.5. The van der Waals surface area contributed by atoms with Crippen LogP contribution in [0.4, 0.5) is 0 Å². The van der Waals surface area contributed by atoms with Gasteiger partial charge < -0.3 is 15.0 Å². The van der Waals surface area contributed by atoms with Crippen LogP contribution in [-0.4, -0.2) is 42.1 Å². The Bertz CT molecular complexity index is 440. The number of nitrogens with zero attached hydrogens (tertiary/aromatic N) is 1. The van der Waals surface area contributed by atoms with E-state index in [4.69, 9.17) is 4.74 Å². The molecule has 1 heterocycles. The minimum absolute atomic E-state index is 0.0932. The minimum Gasteiger partial charge on any atom is -0.374 e. The van der Waals surface area contributed by atoms with E-state index in [1.807, 2.05) is 43.9 Å². The number of nitrogens with one attached hydrogen (secondary N) is 1. The normalized spacial score (nSPS) is 20.2. The molecular formula is C16H24N2O2. The van der Waals surface area contributed by atoms with Crippen LogP contribution in [0.5, 0.6) is 0 Å². The number of amides is 1. The average molecular weight is 276 g/mol. The first-order valence-electron chi connectivity index (χ1n) is 7.14. The summed E-state index contributed by atoms with van der Waals surface area (Å²) in [5.74, 6) is 0.141. The van der Waals surface area contributed by atoms with Gasteiger partial charge in [0.15, 0.2) is 0 Å². The third-order valence-electron chi connectivity index (χ3n) is 3.32. The molecule has 0 unspecified atom stereocenters. The summed E-state index contributed by atoms with van der Waals surface area (Å²) in [6.07, 6.45) is 0. The van der Waals surface area contributed by atoms with Gasteiger partial charge in [-0.05, 0) is 26.3 Å². The molecule has 0 radical (unpaired) electrons. The lowest BCUT2D eigenvalue weighted by Gasteiger charge is -2.37. The molecule has 110 valence electrons. The van der Waals surface area contributed by atoms with E-state index in [-0.39, 0.29) is 17.6 Å². The SMILES string of the molecule is CC(C)(C)OC[C@H]1CNCC(=O)N1Cc1ccccc1. The van der Waals surface area contributed by atoms with Crippen molar-refractivity contribution in [2.24, 2.45) is 0 Å². The second-order valence-electron chi connectivity index (χ2n) is 6.22. The van der Waals surface area contributed by atoms with E-state index >= 15 is 0 Å². The van der Waals surface area contributed by atoms with Gasteiger partial charge in [0, 0.05) is 13.1 Å². The fourth-order valence-corrected chi connectivity index (χ4v) is 2.25. The number of carbonyl (C=O) groups excluding carboxylic acids is 1.